The van der Waals surface area contributed by atoms with Crippen molar-refractivity contribution in [1.29, 1.82) is 0 Å². The lowest BCUT2D eigenvalue weighted by molar-refractivity contribution is -0.138. The van der Waals surface area contributed by atoms with Gasteiger partial charge >= 0.3 is 0 Å². The van der Waals surface area contributed by atoms with Gasteiger partial charge in [-0.05, 0) is 36.2 Å². The van der Waals surface area contributed by atoms with E-state index in [4.69, 9.17) is 9.47 Å². The van der Waals surface area contributed by atoms with E-state index < -0.39 is 0 Å². The van der Waals surface area contributed by atoms with Crippen molar-refractivity contribution in [2.45, 2.75) is 19.9 Å². The molecule has 2 aromatic rings. The van der Waals surface area contributed by atoms with Crippen molar-refractivity contribution in [3.8, 4) is 5.75 Å². The van der Waals surface area contributed by atoms with Gasteiger partial charge in [0.2, 0.25) is 0 Å². The van der Waals surface area contributed by atoms with Crippen LogP contribution in [-0.2, 0) is 20.9 Å². The fourth-order valence-corrected chi connectivity index (χ4v) is 3.64. The zero-order valence-electron chi connectivity index (χ0n) is 17.0. The lowest BCUT2D eigenvalue weighted by atomic mass is 10.0. The zero-order chi connectivity index (χ0) is 20.9. The van der Waals surface area contributed by atoms with Crippen LogP contribution in [0.2, 0.25) is 0 Å². The monoisotopic (exact) mass is 407 g/mol. The summed E-state index contributed by atoms with van der Waals surface area (Å²) in [6.45, 7) is 5.04. The zero-order valence-corrected chi connectivity index (χ0v) is 17.0. The highest BCUT2D eigenvalue weighted by Gasteiger charge is 2.42. The summed E-state index contributed by atoms with van der Waals surface area (Å²) < 4.78 is 11.1. The van der Waals surface area contributed by atoms with E-state index in [1.165, 1.54) is 4.90 Å². The first-order valence-electron chi connectivity index (χ1n) is 10.3. The van der Waals surface area contributed by atoms with Crippen molar-refractivity contribution in [2.75, 3.05) is 32.9 Å². The van der Waals surface area contributed by atoms with Crippen LogP contribution in [0.15, 0.2) is 54.4 Å². The van der Waals surface area contributed by atoms with Gasteiger partial charge in [0, 0.05) is 19.3 Å². The van der Waals surface area contributed by atoms with Gasteiger partial charge in [0.1, 0.15) is 11.4 Å². The van der Waals surface area contributed by atoms with E-state index in [2.05, 4.69) is 4.98 Å². The summed E-state index contributed by atoms with van der Waals surface area (Å²) in [5, 5.41) is 0. The summed E-state index contributed by atoms with van der Waals surface area (Å²) in [5.74, 6) is 0.166. The predicted molar refractivity (Wildman–Crippen MR) is 111 cm³/mol. The van der Waals surface area contributed by atoms with Gasteiger partial charge in [0.25, 0.3) is 11.8 Å². The summed E-state index contributed by atoms with van der Waals surface area (Å²) in [6.07, 6.45) is 2.58. The SMILES string of the molecule is CCCOc1ccc(C2=C(N3CCOCC3)C(=O)N(Cc3ccccn3)C2=O)cc1. The second-order valence-electron chi connectivity index (χ2n) is 7.21. The maximum atomic E-state index is 13.4. The molecule has 7 nitrogen and oxygen atoms in total. The molecule has 0 aliphatic carbocycles. The molecule has 0 saturated carbocycles. The third-order valence-corrected chi connectivity index (χ3v) is 5.13. The maximum absolute atomic E-state index is 13.4. The van der Waals surface area contributed by atoms with Gasteiger partial charge < -0.3 is 14.4 Å². The molecule has 2 amide bonds. The molecule has 30 heavy (non-hydrogen) atoms. The summed E-state index contributed by atoms with van der Waals surface area (Å²) in [7, 11) is 0. The minimum atomic E-state index is -0.297. The van der Waals surface area contributed by atoms with E-state index in [1.54, 1.807) is 6.20 Å². The number of carbonyl (C=O) groups excluding carboxylic acids is 2. The third kappa shape index (κ3) is 4.07. The van der Waals surface area contributed by atoms with Gasteiger partial charge in [-0.15, -0.1) is 0 Å². The Morgan fingerprint density at radius 1 is 1.03 bits per heavy atom. The van der Waals surface area contributed by atoms with Crippen LogP contribution in [0.4, 0.5) is 0 Å². The molecule has 0 atom stereocenters. The third-order valence-electron chi connectivity index (χ3n) is 5.13. The Labute approximate surface area is 175 Å². The minimum absolute atomic E-state index is 0.146. The van der Waals surface area contributed by atoms with Crippen LogP contribution in [0.5, 0.6) is 5.75 Å². The second-order valence-corrected chi connectivity index (χ2v) is 7.21. The number of amides is 2. The number of hydrogen-bond donors (Lipinski definition) is 0. The van der Waals surface area contributed by atoms with Crippen molar-refractivity contribution >= 4 is 17.4 Å². The maximum Gasteiger partial charge on any atom is 0.278 e. The molecule has 2 aliphatic heterocycles. The second kappa shape index (κ2) is 9.09. The van der Waals surface area contributed by atoms with Crippen molar-refractivity contribution in [2.24, 2.45) is 0 Å². The summed E-state index contributed by atoms with van der Waals surface area (Å²) in [5.41, 5.74) is 2.26. The molecule has 1 aromatic carbocycles. The van der Waals surface area contributed by atoms with Crippen LogP contribution in [0.1, 0.15) is 24.6 Å². The van der Waals surface area contributed by atoms with Crippen LogP contribution in [-0.4, -0.2) is 59.5 Å². The molecule has 0 radical (unpaired) electrons. The van der Waals surface area contributed by atoms with E-state index >= 15 is 0 Å². The molecule has 4 rings (SSSR count). The molecule has 0 unspecified atom stereocenters. The molecule has 1 fully saturated rings. The average Bonchev–Trinajstić information content (AvgIpc) is 3.04. The number of morpholine rings is 1. The highest BCUT2D eigenvalue weighted by molar-refractivity contribution is 6.35. The largest absolute Gasteiger partial charge is 0.494 e. The molecule has 2 aliphatic rings. The van der Waals surface area contributed by atoms with Crippen LogP contribution >= 0.6 is 0 Å². The Bertz CT molecular complexity index is 935. The van der Waals surface area contributed by atoms with Crippen LogP contribution in [0, 0.1) is 0 Å². The molecule has 1 saturated heterocycles. The summed E-state index contributed by atoms with van der Waals surface area (Å²) >= 11 is 0. The number of carbonyl (C=O) groups is 2. The minimum Gasteiger partial charge on any atom is -0.494 e. The molecule has 0 bridgehead atoms. The summed E-state index contributed by atoms with van der Waals surface area (Å²) in [4.78, 5) is 34.2. The number of rotatable bonds is 7. The molecule has 7 heteroatoms. The highest BCUT2D eigenvalue weighted by Crippen LogP contribution is 2.33. The van der Waals surface area contributed by atoms with Gasteiger partial charge in [-0.1, -0.05) is 25.1 Å². The van der Waals surface area contributed by atoms with E-state index in [9.17, 15) is 9.59 Å². The van der Waals surface area contributed by atoms with Crippen LogP contribution in [0.3, 0.4) is 0 Å². The van der Waals surface area contributed by atoms with Gasteiger partial charge in [0.15, 0.2) is 0 Å². The van der Waals surface area contributed by atoms with Crippen molar-refractivity contribution < 1.29 is 19.1 Å². The molecule has 0 N–H and O–H groups in total. The Balaban J connectivity index is 1.67. The molecular formula is C23H25N3O4. The number of pyridine rings is 1. The first-order chi connectivity index (χ1) is 14.7. The van der Waals surface area contributed by atoms with Crippen molar-refractivity contribution in [3.05, 3.63) is 65.6 Å². The Hall–Kier alpha value is -3.19. The van der Waals surface area contributed by atoms with Crippen LogP contribution < -0.4 is 4.74 Å². The number of ether oxygens (including phenoxy) is 2. The van der Waals surface area contributed by atoms with E-state index in [1.807, 2.05) is 54.3 Å². The smallest absolute Gasteiger partial charge is 0.278 e. The molecular weight excluding hydrogens is 382 g/mol. The first kappa shape index (κ1) is 20.1. The quantitative estimate of drug-likeness (QED) is 0.657. The molecule has 0 spiro atoms. The van der Waals surface area contributed by atoms with E-state index in [0.717, 1.165) is 12.2 Å². The normalized spacial score (nSPS) is 17.1. The lowest BCUT2D eigenvalue weighted by Crippen LogP contribution is -2.40. The van der Waals surface area contributed by atoms with Crippen molar-refractivity contribution in [1.82, 2.24) is 14.8 Å². The highest BCUT2D eigenvalue weighted by atomic mass is 16.5. The Morgan fingerprint density at radius 3 is 2.47 bits per heavy atom. The van der Waals surface area contributed by atoms with Crippen molar-refractivity contribution in [3.63, 3.8) is 0 Å². The van der Waals surface area contributed by atoms with E-state index in [0.29, 0.717) is 55.4 Å². The van der Waals surface area contributed by atoms with Gasteiger partial charge in [0.05, 0.1) is 37.6 Å². The topological polar surface area (TPSA) is 72.0 Å². The number of imide groups is 1. The van der Waals surface area contributed by atoms with Gasteiger partial charge in [-0.25, -0.2) is 0 Å². The number of hydrogen-bond acceptors (Lipinski definition) is 6. The average molecular weight is 407 g/mol. The number of benzene rings is 1. The lowest BCUT2D eigenvalue weighted by Gasteiger charge is -2.29. The number of nitrogens with zero attached hydrogens (tertiary/aromatic N) is 3. The predicted octanol–water partition coefficient (Wildman–Crippen LogP) is 2.48. The van der Waals surface area contributed by atoms with Crippen LogP contribution in [0.25, 0.3) is 5.57 Å². The van der Waals surface area contributed by atoms with E-state index in [-0.39, 0.29) is 18.4 Å². The Kier molecular flexibility index (Phi) is 6.09. The molecule has 156 valence electrons. The fraction of sp³-hybridized carbons (Fsp3) is 0.348. The fourth-order valence-electron chi connectivity index (χ4n) is 3.64. The van der Waals surface area contributed by atoms with Gasteiger partial charge in [-0.2, -0.15) is 0 Å². The molecule has 1 aromatic heterocycles. The summed E-state index contributed by atoms with van der Waals surface area (Å²) in [6, 6.07) is 12.8. The standard InChI is InChI=1S/C23H25N3O4/c1-2-13-30-19-8-6-17(7-9-19)20-21(25-11-14-29-15-12-25)23(28)26(22(20)27)16-18-5-3-4-10-24-18/h3-10H,2,11-16H2,1H3. The number of aromatic nitrogens is 1. The first-order valence-corrected chi connectivity index (χ1v) is 10.3. The molecule has 3 heterocycles. The Morgan fingerprint density at radius 2 is 1.80 bits per heavy atom. The van der Waals surface area contributed by atoms with Gasteiger partial charge in [-0.3, -0.25) is 19.5 Å².